The Labute approximate surface area is 247 Å². The van der Waals surface area contributed by atoms with Crippen LogP contribution in [-0.4, -0.2) is 37.7 Å². The first-order chi connectivity index (χ1) is 20.2. The molecule has 0 atom stereocenters. The lowest BCUT2D eigenvalue weighted by molar-refractivity contribution is -0.0500. The SMILES string of the molecule is CCCCCCCCOc1ccc(-c2ccc(B(O)O)c(F)c2F)cc1F.CCc1ccc(OS(=O)(=O)C(F)(F)F)cc1. The maximum absolute atomic E-state index is 14.2. The van der Waals surface area contributed by atoms with Gasteiger partial charge in [0.1, 0.15) is 5.75 Å². The molecule has 0 aliphatic heterocycles. The van der Waals surface area contributed by atoms with Crippen LogP contribution in [0.1, 0.15) is 57.9 Å². The van der Waals surface area contributed by atoms with E-state index in [1.807, 2.05) is 6.92 Å². The zero-order valence-corrected chi connectivity index (χ0v) is 24.5. The number of rotatable bonds is 13. The van der Waals surface area contributed by atoms with E-state index in [0.29, 0.717) is 13.0 Å². The minimum Gasteiger partial charge on any atom is -0.491 e. The summed E-state index contributed by atoms with van der Waals surface area (Å²) in [7, 11) is -7.69. The predicted octanol–water partition coefficient (Wildman–Crippen LogP) is 6.67. The zero-order valence-electron chi connectivity index (χ0n) is 23.6. The summed E-state index contributed by atoms with van der Waals surface area (Å²) in [6.07, 6.45) is 7.26. The van der Waals surface area contributed by atoms with Gasteiger partial charge < -0.3 is 19.0 Å². The third-order valence-electron chi connectivity index (χ3n) is 6.21. The Hall–Kier alpha value is -3.23. The number of hydrogen-bond acceptors (Lipinski definition) is 6. The van der Waals surface area contributed by atoms with Crippen LogP contribution >= 0.6 is 0 Å². The Kier molecular flexibility index (Phi) is 13.9. The summed E-state index contributed by atoms with van der Waals surface area (Å²) in [6.45, 7) is 4.41. The molecule has 0 heterocycles. The lowest BCUT2D eigenvalue weighted by Gasteiger charge is -2.11. The number of halogens is 6. The molecule has 14 heteroatoms. The minimum absolute atomic E-state index is 0.0654. The van der Waals surface area contributed by atoms with E-state index in [4.69, 9.17) is 14.8 Å². The van der Waals surface area contributed by atoms with E-state index in [-0.39, 0.29) is 22.6 Å². The molecule has 0 aliphatic rings. The van der Waals surface area contributed by atoms with Crippen molar-refractivity contribution in [2.24, 2.45) is 0 Å². The van der Waals surface area contributed by atoms with Gasteiger partial charge in [0.25, 0.3) is 0 Å². The molecule has 0 radical (unpaired) electrons. The molecule has 6 nitrogen and oxygen atoms in total. The van der Waals surface area contributed by atoms with Gasteiger partial charge in [-0.25, -0.2) is 13.2 Å². The molecule has 0 aliphatic carbocycles. The molecule has 3 aromatic carbocycles. The first kappa shape index (κ1) is 36.0. The first-order valence-corrected chi connectivity index (χ1v) is 15.0. The van der Waals surface area contributed by atoms with Gasteiger partial charge in [-0.3, -0.25) is 0 Å². The van der Waals surface area contributed by atoms with Gasteiger partial charge in [-0.1, -0.05) is 76.3 Å². The molecule has 0 saturated carbocycles. The molecule has 0 spiro atoms. The topological polar surface area (TPSA) is 93.1 Å². The summed E-state index contributed by atoms with van der Waals surface area (Å²) < 4.78 is 109. The molecule has 0 unspecified atom stereocenters. The average molecular weight is 634 g/mol. The van der Waals surface area contributed by atoms with E-state index in [2.05, 4.69) is 11.1 Å². The van der Waals surface area contributed by atoms with Gasteiger partial charge in [-0.15, -0.1) is 0 Å². The van der Waals surface area contributed by atoms with Crippen LogP contribution < -0.4 is 14.4 Å². The van der Waals surface area contributed by atoms with Crippen molar-refractivity contribution >= 4 is 22.7 Å². The van der Waals surface area contributed by atoms with Crippen LogP contribution in [0.15, 0.2) is 54.6 Å². The van der Waals surface area contributed by atoms with Gasteiger partial charge in [0, 0.05) is 11.0 Å². The number of unbranched alkanes of at least 4 members (excludes halogenated alkanes) is 5. The molecule has 3 aromatic rings. The Morgan fingerprint density at radius 2 is 1.44 bits per heavy atom. The van der Waals surface area contributed by atoms with Crippen molar-refractivity contribution < 1.29 is 53.7 Å². The van der Waals surface area contributed by atoms with Crippen molar-refractivity contribution in [3.63, 3.8) is 0 Å². The highest BCUT2D eigenvalue weighted by molar-refractivity contribution is 7.88. The van der Waals surface area contributed by atoms with E-state index < -0.39 is 45.7 Å². The molecule has 3 rings (SSSR count). The van der Waals surface area contributed by atoms with Gasteiger partial charge in [0.15, 0.2) is 23.2 Å². The summed E-state index contributed by atoms with van der Waals surface area (Å²) >= 11 is 0. The maximum Gasteiger partial charge on any atom is 0.534 e. The van der Waals surface area contributed by atoms with Crippen molar-refractivity contribution in [3.8, 4) is 22.6 Å². The highest BCUT2D eigenvalue weighted by Gasteiger charge is 2.48. The smallest absolute Gasteiger partial charge is 0.491 e. The fraction of sp³-hybridized carbons (Fsp3) is 0.379. The number of benzene rings is 3. The minimum atomic E-state index is -5.57. The molecular formula is C29H33BF6O6S. The Bertz CT molecular complexity index is 1420. The second-order valence-corrected chi connectivity index (χ2v) is 11.0. The third-order valence-corrected chi connectivity index (χ3v) is 7.19. The van der Waals surface area contributed by atoms with Gasteiger partial charge >= 0.3 is 22.7 Å². The summed E-state index contributed by atoms with van der Waals surface area (Å²) in [5.74, 6) is -3.58. The van der Waals surface area contributed by atoms with Gasteiger partial charge in [0.05, 0.1) is 6.61 Å². The molecule has 43 heavy (non-hydrogen) atoms. The highest BCUT2D eigenvalue weighted by Crippen LogP contribution is 2.29. The second-order valence-electron chi connectivity index (χ2n) is 9.45. The van der Waals surface area contributed by atoms with Crippen molar-refractivity contribution in [2.45, 2.75) is 64.3 Å². The van der Waals surface area contributed by atoms with Gasteiger partial charge in [-0.05, 0) is 48.2 Å². The number of alkyl halides is 3. The Morgan fingerprint density at radius 3 is 2.00 bits per heavy atom. The summed E-state index contributed by atoms with van der Waals surface area (Å²) in [5.41, 5.74) is -5.14. The molecule has 0 aromatic heterocycles. The highest BCUT2D eigenvalue weighted by atomic mass is 32.2. The van der Waals surface area contributed by atoms with Crippen LogP contribution in [0, 0.1) is 17.5 Å². The fourth-order valence-corrected chi connectivity index (χ4v) is 4.25. The summed E-state index contributed by atoms with van der Waals surface area (Å²) in [6, 6.07) is 11.5. The average Bonchev–Trinajstić information content (AvgIpc) is 2.94. The monoisotopic (exact) mass is 634 g/mol. The van der Waals surface area contributed by atoms with E-state index in [0.717, 1.165) is 37.0 Å². The standard InChI is InChI=1S/C20H24BF3O3.C9H9F3O3S/c1-2-3-4-5-6-7-12-27-18-11-8-14(13-17(18)22)15-9-10-16(21(25)26)20(24)19(15)23;1-2-7-3-5-8(6-4-7)15-16(13,14)9(10,11)12/h8-11,13,25-26H,2-7,12H2,1H3;3-6H,2H2,1H3. The lowest BCUT2D eigenvalue weighted by atomic mass is 9.79. The van der Waals surface area contributed by atoms with Crippen molar-refractivity contribution in [2.75, 3.05) is 6.61 Å². The van der Waals surface area contributed by atoms with E-state index in [1.54, 1.807) is 0 Å². The van der Waals surface area contributed by atoms with E-state index >= 15 is 0 Å². The molecule has 0 amide bonds. The van der Waals surface area contributed by atoms with Crippen LogP contribution in [0.5, 0.6) is 11.5 Å². The number of ether oxygens (including phenoxy) is 1. The molecule has 2 N–H and O–H groups in total. The summed E-state index contributed by atoms with van der Waals surface area (Å²) in [4.78, 5) is 0. The van der Waals surface area contributed by atoms with Crippen LogP contribution in [-0.2, 0) is 16.5 Å². The largest absolute Gasteiger partial charge is 0.534 e. The van der Waals surface area contributed by atoms with Gasteiger partial charge in [-0.2, -0.15) is 21.6 Å². The second kappa shape index (κ2) is 16.6. The van der Waals surface area contributed by atoms with Crippen LogP contribution in [0.3, 0.4) is 0 Å². The third kappa shape index (κ3) is 10.8. The summed E-state index contributed by atoms with van der Waals surface area (Å²) in [5, 5.41) is 18.0. The fourth-order valence-electron chi connectivity index (χ4n) is 3.79. The van der Waals surface area contributed by atoms with Crippen LogP contribution in [0.4, 0.5) is 26.3 Å². The first-order valence-electron chi connectivity index (χ1n) is 13.6. The van der Waals surface area contributed by atoms with E-state index in [9.17, 15) is 34.8 Å². The number of hydrogen-bond donors (Lipinski definition) is 2. The quantitative estimate of drug-likeness (QED) is 0.0718. The normalized spacial score (nSPS) is 11.5. The maximum atomic E-state index is 14.2. The molecule has 0 bridgehead atoms. The van der Waals surface area contributed by atoms with Crippen molar-refractivity contribution in [3.05, 3.63) is 77.6 Å². The molecule has 236 valence electrons. The van der Waals surface area contributed by atoms with Gasteiger partial charge in [0.2, 0.25) is 0 Å². The molecular weight excluding hydrogens is 601 g/mol. The van der Waals surface area contributed by atoms with Crippen molar-refractivity contribution in [1.29, 1.82) is 0 Å². The molecule has 0 fully saturated rings. The number of aryl methyl sites for hydroxylation is 1. The zero-order chi connectivity index (χ0) is 32.2. The van der Waals surface area contributed by atoms with Crippen LogP contribution in [0.2, 0.25) is 0 Å². The Morgan fingerprint density at radius 1 is 0.814 bits per heavy atom. The van der Waals surface area contributed by atoms with Crippen molar-refractivity contribution in [1.82, 2.24) is 0 Å². The molecule has 0 saturated heterocycles. The van der Waals surface area contributed by atoms with E-state index in [1.165, 1.54) is 61.7 Å². The van der Waals surface area contributed by atoms with Crippen LogP contribution in [0.25, 0.3) is 11.1 Å². The Balaban J connectivity index is 0.000000344. The predicted molar refractivity (Wildman–Crippen MR) is 152 cm³/mol. The lowest BCUT2D eigenvalue weighted by Crippen LogP contribution is -2.33.